The van der Waals surface area contributed by atoms with Gasteiger partial charge in [-0.15, -0.1) is 5.10 Å². The summed E-state index contributed by atoms with van der Waals surface area (Å²) < 4.78 is 25.0. The number of anilines is 1. The highest BCUT2D eigenvalue weighted by Gasteiger charge is 2.20. The lowest BCUT2D eigenvalue weighted by molar-refractivity contribution is 0.156. The van der Waals surface area contributed by atoms with Crippen LogP contribution in [0.5, 0.6) is 0 Å². The molecule has 0 fully saturated rings. The van der Waals surface area contributed by atoms with Gasteiger partial charge in [0.25, 0.3) is 6.43 Å². The summed E-state index contributed by atoms with van der Waals surface area (Å²) in [5.41, 5.74) is 7.99. The van der Waals surface area contributed by atoms with E-state index in [1.54, 1.807) is 0 Å². The molecule has 0 saturated heterocycles. The van der Waals surface area contributed by atoms with Gasteiger partial charge in [-0.2, -0.15) is 5.10 Å². The molecule has 0 atom stereocenters. The van der Waals surface area contributed by atoms with Gasteiger partial charge in [0.2, 0.25) is 0 Å². The van der Waals surface area contributed by atoms with Crippen LogP contribution < -0.4 is 10.6 Å². The Labute approximate surface area is 117 Å². The normalized spacial score (nSPS) is 10.8. The largest absolute Gasteiger partial charge is 0.389 e. The summed E-state index contributed by atoms with van der Waals surface area (Å²) in [6, 6.07) is 0. The predicted octanol–water partition coefficient (Wildman–Crippen LogP) is 1.94. The van der Waals surface area contributed by atoms with E-state index in [-0.39, 0.29) is 4.99 Å². The SMILES string of the molecule is CCc1nnc(N(C)CC(F)F)c(C(N)=S)c1CC. The molecule has 0 bridgehead atoms. The van der Waals surface area contributed by atoms with Gasteiger partial charge >= 0.3 is 0 Å². The molecule has 2 N–H and O–H groups in total. The first-order valence-electron chi connectivity index (χ1n) is 6.09. The Morgan fingerprint density at radius 1 is 1.32 bits per heavy atom. The van der Waals surface area contributed by atoms with Crippen molar-refractivity contribution in [1.82, 2.24) is 10.2 Å². The first-order valence-corrected chi connectivity index (χ1v) is 6.50. The lowest BCUT2D eigenvalue weighted by Crippen LogP contribution is -2.29. The molecule has 0 aliphatic heterocycles. The van der Waals surface area contributed by atoms with Gasteiger partial charge in [0, 0.05) is 7.05 Å². The van der Waals surface area contributed by atoms with Gasteiger partial charge < -0.3 is 10.6 Å². The van der Waals surface area contributed by atoms with Crippen LogP contribution in [-0.4, -0.2) is 35.2 Å². The van der Waals surface area contributed by atoms with E-state index in [0.717, 1.165) is 11.3 Å². The fourth-order valence-corrected chi connectivity index (χ4v) is 2.20. The summed E-state index contributed by atoms with van der Waals surface area (Å²) in [4.78, 5) is 1.50. The summed E-state index contributed by atoms with van der Waals surface area (Å²) in [5.74, 6) is 0.321. The molecular weight excluding hydrogens is 270 g/mol. The van der Waals surface area contributed by atoms with Crippen LogP contribution in [0.4, 0.5) is 14.6 Å². The van der Waals surface area contributed by atoms with Crippen molar-refractivity contribution in [2.24, 2.45) is 5.73 Å². The van der Waals surface area contributed by atoms with Gasteiger partial charge in [-0.05, 0) is 18.4 Å². The highest BCUT2D eigenvalue weighted by atomic mass is 32.1. The van der Waals surface area contributed by atoms with Crippen molar-refractivity contribution in [3.63, 3.8) is 0 Å². The van der Waals surface area contributed by atoms with Crippen LogP contribution in [0.2, 0.25) is 0 Å². The number of nitrogens with zero attached hydrogens (tertiary/aromatic N) is 3. The van der Waals surface area contributed by atoms with Crippen molar-refractivity contribution < 1.29 is 8.78 Å². The van der Waals surface area contributed by atoms with Crippen LogP contribution in [0.15, 0.2) is 0 Å². The zero-order chi connectivity index (χ0) is 14.6. The molecule has 0 aliphatic rings. The van der Waals surface area contributed by atoms with E-state index in [4.69, 9.17) is 18.0 Å². The van der Waals surface area contributed by atoms with E-state index in [2.05, 4.69) is 10.2 Å². The fraction of sp³-hybridized carbons (Fsp3) is 0.583. The summed E-state index contributed by atoms with van der Waals surface area (Å²) >= 11 is 5.04. The molecule has 0 spiro atoms. The van der Waals surface area contributed by atoms with E-state index in [9.17, 15) is 8.78 Å². The van der Waals surface area contributed by atoms with Gasteiger partial charge in [-0.1, -0.05) is 26.1 Å². The smallest absolute Gasteiger partial charge is 0.255 e. The average Bonchev–Trinajstić information content (AvgIpc) is 2.35. The van der Waals surface area contributed by atoms with Crippen LogP contribution in [0, 0.1) is 0 Å². The number of hydrogen-bond acceptors (Lipinski definition) is 4. The Kier molecular flexibility index (Phi) is 5.53. The zero-order valence-corrected chi connectivity index (χ0v) is 12.1. The second-order valence-electron chi connectivity index (χ2n) is 4.17. The third kappa shape index (κ3) is 3.56. The second-order valence-corrected chi connectivity index (χ2v) is 4.61. The van der Waals surface area contributed by atoms with Gasteiger partial charge in [0.05, 0.1) is 17.8 Å². The van der Waals surface area contributed by atoms with E-state index in [0.29, 0.717) is 24.2 Å². The molecule has 0 aromatic carbocycles. The molecule has 106 valence electrons. The minimum Gasteiger partial charge on any atom is -0.389 e. The maximum atomic E-state index is 12.5. The second kappa shape index (κ2) is 6.70. The van der Waals surface area contributed by atoms with Gasteiger partial charge in [-0.3, -0.25) is 0 Å². The zero-order valence-electron chi connectivity index (χ0n) is 11.3. The first kappa shape index (κ1) is 15.7. The monoisotopic (exact) mass is 288 g/mol. The van der Waals surface area contributed by atoms with Gasteiger partial charge in [-0.25, -0.2) is 8.78 Å². The number of aromatic nitrogens is 2. The molecule has 1 rings (SSSR count). The van der Waals surface area contributed by atoms with E-state index < -0.39 is 13.0 Å². The molecule has 0 unspecified atom stereocenters. The summed E-state index contributed by atoms with van der Waals surface area (Å²) in [7, 11) is 1.53. The molecule has 1 heterocycles. The van der Waals surface area contributed by atoms with Crippen molar-refractivity contribution in [3.05, 3.63) is 16.8 Å². The number of nitrogens with two attached hydrogens (primary N) is 1. The molecule has 7 heteroatoms. The molecule has 0 amide bonds. The molecule has 0 aliphatic carbocycles. The topological polar surface area (TPSA) is 55.0 Å². The lowest BCUT2D eigenvalue weighted by Gasteiger charge is -2.22. The van der Waals surface area contributed by atoms with Crippen LogP contribution in [0.1, 0.15) is 30.7 Å². The highest BCUT2D eigenvalue weighted by molar-refractivity contribution is 7.80. The Morgan fingerprint density at radius 2 is 1.95 bits per heavy atom. The number of aryl methyl sites for hydroxylation is 1. The number of alkyl halides is 2. The van der Waals surface area contributed by atoms with Crippen molar-refractivity contribution in [3.8, 4) is 0 Å². The van der Waals surface area contributed by atoms with Crippen LogP contribution in [0.25, 0.3) is 0 Å². The molecule has 1 aromatic heterocycles. The Morgan fingerprint density at radius 3 is 2.37 bits per heavy atom. The Bertz CT molecular complexity index is 465. The quantitative estimate of drug-likeness (QED) is 0.811. The van der Waals surface area contributed by atoms with Crippen molar-refractivity contribution in [2.75, 3.05) is 18.5 Å². The molecule has 1 aromatic rings. The molecular formula is C12H18F2N4S. The number of rotatable bonds is 6. The van der Waals surface area contributed by atoms with Gasteiger partial charge in [0.1, 0.15) is 4.99 Å². The average molecular weight is 288 g/mol. The fourth-order valence-electron chi connectivity index (χ4n) is 1.98. The summed E-state index contributed by atoms with van der Waals surface area (Å²) in [6.45, 7) is 3.48. The van der Waals surface area contributed by atoms with Crippen molar-refractivity contribution >= 4 is 23.0 Å². The first-order chi connectivity index (χ1) is 8.92. The Hall–Kier alpha value is -1.37. The minimum atomic E-state index is -2.46. The molecule has 0 saturated carbocycles. The number of thiocarbonyl (C=S) groups is 1. The Balaban J connectivity index is 3.35. The molecule has 0 radical (unpaired) electrons. The van der Waals surface area contributed by atoms with E-state index >= 15 is 0 Å². The maximum Gasteiger partial charge on any atom is 0.255 e. The van der Waals surface area contributed by atoms with Crippen LogP contribution >= 0.6 is 12.2 Å². The van der Waals surface area contributed by atoms with E-state index in [1.807, 2.05) is 13.8 Å². The van der Waals surface area contributed by atoms with Crippen LogP contribution in [-0.2, 0) is 12.8 Å². The van der Waals surface area contributed by atoms with Gasteiger partial charge in [0.15, 0.2) is 5.82 Å². The predicted molar refractivity (Wildman–Crippen MR) is 75.9 cm³/mol. The number of halogens is 2. The third-order valence-corrected chi connectivity index (χ3v) is 3.05. The minimum absolute atomic E-state index is 0.164. The van der Waals surface area contributed by atoms with Crippen molar-refractivity contribution in [2.45, 2.75) is 33.1 Å². The van der Waals surface area contributed by atoms with Crippen molar-refractivity contribution in [1.29, 1.82) is 0 Å². The summed E-state index contributed by atoms with van der Waals surface area (Å²) in [5, 5.41) is 8.10. The number of hydrogen-bond donors (Lipinski definition) is 1. The molecule has 4 nitrogen and oxygen atoms in total. The standard InChI is InChI=1S/C12H18F2N4S/c1-4-7-8(5-2)16-17-12(10(7)11(15)19)18(3)6-9(13)14/h9H,4-6H2,1-3H3,(H2,15,19). The summed E-state index contributed by atoms with van der Waals surface area (Å²) in [6.07, 6.45) is -1.08. The lowest BCUT2D eigenvalue weighted by atomic mass is 10.0. The van der Waals surface area contributed by atoms with Crippen LogP contribution in [0.3, 0.4) is 0 Å². The molecule has 19 heavy (non-hydrogen) atoms. The third-order valence-electron chi connectivity index (χ3n) is 2.85. The van der Waals surface area contributed by atoms with E-state index in [1.165, 1.54) is 11.9 Å². The maximum absolute atomic E-state index is 12.5. The highest BCUT2D eigenvalue weighted by Crippen LogP contribution is 2.23.